The van der Waals surface area contributed by atoms with E-state index in [0.29, 0.717) is 28.3 Å². The first-order valence-corrected chi connectivity index (χ1v) is 13.4. The average Bonchev–Trinajstić information content (AvgIpc) is 3.58. The van der Waals surface area contributed by atoms with E-state index in [0.717, 1.165) is 0 Å². The summed E-state index contributed by atoms with van der Waals surface area (Å²) in [6, 6.07) is 7.48. The van der Waals surface area contributed by atoms with Gasteiger partial charge in [0.1, 0.15) is 40.2 Å². The molecule has 0 amide bonds. The maximum Gasteiger partial charge on any atom is 0.254 e. The number of anilines is 1. The molecule has 3 aliphatic rings. The van der Waals surface area contributed by atoms with Crippen LogP contribution in [0.2, 0.25) is 5.02 Å². The number of allylic oxidation sites excluding steroid dienone is 1. The molecule has 1 spiro atoms. The van der Waals surface area contributed by atoms with E-state index in [2.05, 4.69) is 20.4 Å². The Hall–Kier alpha value is -4.84. The highest BCUT2D eigenvalue weighted by Gasteiger charge is 2.63. The van der Waals surface area contributed by atoms with E-state index in [-0.39, 0.29) is 45.4 Å². The Balaban J connectivity index is 1.42. The fourth-order valence-corrected chi connectivity index (χ4v) is 6.47. The number of nitrogens with one attached hydrogen (secondary N) is 2. The third kappa shape index (κ3) is 3.32. The zero-order valence-electron chi connectivity index (χ0n) is 22.9. The number of methoxy groups -OCH3 is 3. The van der Waals surface area contributed by atoms with Gasteiger partial charge in [-0.1, -0.05) is 18.5 Å². The summed E-state index contributed by atoms with van der Waals surface area (Å²) in [6.07, 6.45) is 1.57. The van der Waals surface area contributed by atoms with Gasteiger partial charge in [0.15, 0.2) is 5.75 Å². The van der Waals surface area contributed by atoms with Gasteiger partial charge in [0.05, 0.1) is 26.8 Å². The third-order valence-corrected chi connectivity index (χ3v) is 8.62. The molecule has 4 aromatic rings. The fourth-order valence-electron chi connectivity index (χ4n) is 6.20. The summed E-state index contributed by atoms with van der Waals surface area (Å²) in [4.78, 5) is 49.8. The number of fused-ring (bicyclic) bond motifs is 3. The number of Topliss-reactive ketones (excluding diaryl/α,β-unsaturated/α-hetero) is 2. The molecule has 4 heterocycles. The van der Waals surface area contributed by atoms with Crippen LogP contribution in [0.4, 0.5) is 5.95 Å². The van der Waals surface area contributed by atoms with Crippen molar-refractivity contribution in [2.45, 2.75) is 25.0 Å². The second kappa shape index (κ2) is 9.08. The highest BCUT2D eigenvalue weighted by molar-refractivity contribution is 6.36. The van der Waals surface area contributed by atoms with Gasteiger partial charge < -0.3 is 29.2 Å². The van der Waals surface area contributed by atoms with Gasteiger partial charge in [0.2, 0.25) is 23.1 Å². The van der Waals surface area contributed by atoms with E-state index in [1.54, 1.807) is 31.2 Å². The Bertz CT molecular complexity index is 1950. The SMILES string of the molecule is COc1ccc2cc(C3C4=C(C[C@@H](C)[C@]5(Oc6c(Cl)c(OC)cc(OC)c6C5=O)C4=O)Nc4ncnn43)c(=O)[nH]c2c1. The molecule has 2 aromatic heterocycles. The van der Waals surface area contributed by atoms with Crippen LogP contribution in [0.3, 0.4) is 0 Å². The van der Waals surface area contributed by atoms with Crippen LogP contribution >= 0.6 is 11.6 Å². The van der Waals surface area contributed by atoms with Crippen molar-refractivity contribution in [1.82, 2.24) is 19.7 Å². The molecule has 13 heteroatoms. The number of carbonyl (C=O) groups excluding carboxylic acids is 2. The van der Waals surface area contributed by atoms with Gasteiger partial charge >= 0.3 is 0 Å². The number of hydrogen-bond donors (Lipinski definition) is 2. The van der Waals surface area contributed by atoms with Crippen LogP contribution in [-0.4, -0.2) is 58.2 Å². The first-order chi connectivity index (χ1) is 20.2. The van der Waals surface area contributed by atoms with Crippen LogP contribution < -0.4 is 29.8 Å². The molecule has 2 N–H and O–H groups in total. The van der Waals surface area contributed by atoms with Crippen molar-refractivity contribution in [3.63, 3.8) is 0 Å². The van der Waals surface area contributed by atoms with Gasteiger partial charge in [-0.05, 0) is 30.0 Å². The van der Waals surface area contributed by atoms with E-state index in [9.17, 15) is 14.4 Å². The summed E-state index contributed by atoms with van der Waals surface area (Å²) in [5, 5.41) is 8.30. The topological polar surface area (TPSA) is 147 Å². The summed E-state index contributed by atoms with van der Waals surface area (Å²) in [6.45, 7) is 1.76. The molecule has 2 aromatic carbocycles. The average molecular weight is 590 g/mol. The van der Waals surface area contributed by atoms with Crippen LogP contribution in [0.15, 0.2) is 52.7 Å². The number of rotatable bonds is 4. The van der Waals surface area contributed by atoms with Gasteiger partial charge in [-0.3, -0.25) is 14.4 Å². The van der Waals surface area contributed by atoms with E-state index in [4.69, 9.17) is 30.5 Å². The van der Waals surface area contributed by atoms with E-state index in [1.807, 2.05) is 0 Å². The Labute approximate surface area is 243 Å². The number of carbonyl (C=O) groups is 2. The van der Waals surface area contributed by atoms with Crippen LogP contribution in [0.25, 0.3) is 10.9 Å². The van der Waals surface area contributed by atoms with E-state index in [1.165, 1.54) is 38.4 Å². The quantitative estimate of drug-likeness (QED) is 0.338. The van der Waals surface area contributed by atoms with Gasteiger partial charge in [0.25, 0.3) is 5.56 Å². The van der Waals surface area contributed by atoms with Crippen molar-refractivity contribution in [3.05, 3.63) is 74.4 Å². The van der Waals surface area contributed by atoms with Crippen LogP contribution in [-0.2, 0) is 4.79 Å². The lowest BCUT2D eigenvalue weighted by Gasteiger charge is -2.41. The van der Waals surface area contributed by atoms with Crippen molar-refractivity contribution in [2.75, 3.05) is 26.6 Å². The highest BCUT2D eigenvalue weighted by atomic mass is 35.5. The highest BCUT2D eigenvalue weighted by Crippen LogP contribution is 2.55. The lowest BCUT2D eigenvalue weighted by atomic mass is 9.69. The van der Waals surface area contributed by atoms with Crippen LogP contribution in [0, 0.1) is 5.92 Å². The predicted molar refractivity (Wildman–Crippen MR) is 151 cm³/mol. The number of aromatic nitrogens is 4. The molecule has 1 aliphatic carbocycles. The first kappa shape index (κ1) is 26.1. The fraction of sp³-hybridized carbons (Fsp3) is 0.276. The van der Waals surface area contributed by atoms with Crippen molar-refractivity contribution < 1.29 is 28.5 Å². The lowest BCUT2D eigenvalue weighted by molar-refractivity contribution is -0.130. The molecule has 7 rings (SSSR count). The van der Waals surface area contributed by atoms with Crippen molar-refractivity contribution in [1.29, 1.82) is 0 Å². The Morgan fingerprint density at radius 1 is 1.05 bits per heavy atom. The predicted octanol–water partition coefficient (Wildman–Crippen LogP) is 3.69. The number of ketones is 2. The van der Waals surface area contributed by atoms with Crippen LogP contribution in [0.5, 0.6) is 23.0 Å². The lowest BCUT2D eigenvalue weighted by Crippen LogP contribution is -2.58. The molecule has 2 aliphatic heterocycles. The molecular formula is C29H24ClN5O7. The molecule has 0 saturated carbocycles. The maximum atomic E-state index is 14.8. The number of pyridine rings is 1. The van der Waals surface area contributed by atoms with Crippen molar-refractivity contribution in [2.24, 2.45) is 5.92 Å². The van der Waals surface area contributed by atoms with Gasteiger partial charge in [-0.2, -0.15) is 10.1 Å². The zero-order chi connectivity index (χ0) is 29.5. The van der Waals surface area contributed by atoms with Crippen LogP contribution in [0.1, 0.15) is 35.3 Å². The monoisotopic (exact) mass is 589 g/mol. The maximum absolute atomic E-state index is 14.8. The smallest absolute Gasteiger partial charge is 0.254 e. The second-order valence-corrected chi connectivity index (χ2v) is 10.7. The molecule has 12 nitrogen and oxygen atoms in total. The van der Waals surface area contributed by atoms with Gasteiger partial charge in [0, 0.05) is 34.9 Å². The minimum atomic E-state index is -1.96. The normalized spacial score (nSPS) is 22.4. The second-order valence-electron chi connectivity index (χ2n) is 10.4. The van der Waals surface area contributed by atoms with Crippen molar-refractivity contribution >= 4 is 40.0 Å². The summed E-state index contributed by atoms with van der Waals surface area (Å²) in [5.41, 5.74) is -0.829. The molecule has 1 unspecified atom stereocenters. The molecular weight excluding hydrogens is 566 g/mol. The molecule has 0 fully saturated rings. The van der Waals surface area contributed by atoms with Gasteiger partial charge in [-0.15, -0.1) is 0 Å². The Kier molecular flexibility index (Phi) is 5.64. The molecule has 0 bridgehead atoms. The molecule has 3 atom stereocenters. The number of nitrogens with zero attached hydrogens (tertiary/aromatic N) is 3. The van der Waals surface area contributed by atoms with Crippen molar-refractivity contribution in [3.8, 4) is 23.0 Å². The Morgan fingerprint density at radius 3 is 2.57 bits per heavy atom. The number of halogens is 1. The van der Waals surface area contributed by atoms with E-state index < -0.39 is 34.7 Å². The summed E-state index contributed by atoms with van der Waals surface area (Å²) < 4.78 is 23.9. The number of aromatic amines is 1. The summed E-state index contributed by atoms with van der Waals surface area (Å²) in [5.74, 6) is -0.449. The first-order valence-electron chi connectivity index (χ1n) is 13.1. The number of H-pyrrole nitrogens is 1. The number of hydrogen-bond acceptors (Lipinski definition) is 10. The molecule has 0 saturated heterocycles. The summed E-state index contributed by atoms with van der Waals surface area (Å²) in [7, 11) is 4.37. The van der Waals surface area contributed by atoms with Gasteiger partial charge in [-0.25, -0.2) is 4.68 Å². The molecule has 214 valence electrons. The Morgan fingerprint density at radius 2 is 1.83 bits per heavy atom. The standard InChI is InChI=1S/C29H24ClN5O7/c1-12-7-17-20(25(36)29(12)26(37)21-18(40-3)10-19(41-4)22(30)24(21)42-29)23(35-28(34-17)31-11-32-35)15-8-13-5-6-14(39-2)9-16(13)33-27(15)38/h5-6,8-12,23H,7H2,1-4H3,(H,33,38)(H,31,32,34)/t12-,23?,29+/m1/s1. The minimum Gasteiger partial charge on any atom is -0.497 e. The zero-order valence-corrected chi connectivity index (χ0v) is 23.7. The molecule has 42 heavy (non-hydrogen) atoms. The summed E-state index contributed by atoms with van der Waals surface area (Å²) >= 11 is 6.59. The number of ether oxygens (including phenoxy) is 4. The molecule has 0 radical (unpaired) electrons. The third-order valence-electron chi connectivity index (χ3n) is 8.26. The minimum absolute atomic E-state index is 0.0152. The largest absolute Gasteiger partial charge is 0.497 e. The number of benzene rings is 2. The van der Waals surface area contributed by atoms with E-state index >= 15 is 0 Å².